The van der Waals surface area contributed by atoms with Crippen molar-refractivity contribution < 1.29 is 4.79 Å². The number of carbonyl (C=O) groups is 1. The van der Waals surface area contributed by atoms with Crippen molar-refractivity contribution >= 4 is 5.91 Å². The van der Waals surface area contributed by atoms with Crippen LogP contribution in [0, 0.1) is 5.41 Å². The molecule has 0 aromatic heterocycles. The van der Waals surface area contributed by atoms with Crippen LogP contribution in [-0.4, -0.2) is 41.5 Å². The van der Waals surface area contributed by atoms with Gasteiger partial charge in [-0.15, -0.1) is 0 Å². The van der Waals surface area contributed by atoms with E-state index in [9.17, 15) is 4.79 Å². The van der Waals surface area contributed by atoms with Gasteiger partial charge in [0.2, 0.25) is 5.91 Å². The van der Waals surface area contributed by atoms with Crippen molar-refractivity contribution in [2.24, 2.45) is 11.1 Å². The molecule has 1 aliphatic heterocycles. The number of likely N-dealkylation sites (tertiary alicyclic amines) is 1. The van der Waals surface area contributed by atoms with Gasteiger partial charge >= 0.3 is 0 Å². The zero-order valence-corrected chi connectivity index (χ0v) is 14.8. The molecule has 0 spiro atoms. The van der Waals surface area contributed by atoms with Gasteiger partial charge in [0.15, 0.2) is 0 Å². The molecule has 0 aromatic carbocycles. The summed E-state index contributed by atoms with van der Waals surface area (Å²) in [7, 11) is 0. The fourth-order valence-electron chi connectivity index (χ4n) is 3.76. The van der Waals surface area contributed by atoms with E-state index >= 15 is 0 Å². The normalized spacial score (nSPS) is 23.2. The molecule has 2 atom stereocenters. The highest BCUT2D eigenvalue weighted by molar-refractivity contribution is 5.84. The maximum absolute atomic E-state index is 11.9. The molecule has 1 heterocycles. The number of hydrogen-bond donors (Lipinski definition) is 2. The maximum Gasteiger partial charge on any atom is 0.237 e. The fourth-order valence-corrected chi connectivity index (χ4v) is 3.76. The van der Waals surface area contributed by atoms with Crippen LogP contribution in [0.4, 0.5) is 0 Å². The molecule has 1 rings (SSSR count). The summed E-state index contributed by atoms with van der Waals surface area (Å²) in [6, 6.07) is 0.618. The Labute approximate surface area is 130 Å². The Morgan fingerprint density at radius 2 is 1.90 bits per heavy atom. The van der Waals surface area contributed by atoms with Gasteiger partial charge in [-0.1, -0.05) is 13.8 Å². The van der Waals surface area contributed by atoms with Crippen LogP contribution < -0.4 is 11.1 Å². The molecule has 4 heteroatoms. The third-order valence-electron chi connectivity index (χ3n) is 5.45. The highest BCUT2D eigenvalue weighted by atomic mass is 16.1. The Morgan fingerprint density at radius 1 is 1.33 bits per heavy atom. The summed E-state index contributed by atoms with van der Waals surface area (Å²) in [5.41, 5.74) is 5.50. The van der Waals surface area contributed by atoms with Crippen molar-refractivity contribution in [1.82, 2.24) is 10.2 Å². The number of nitrogens with one attached hydrogen (secondary N) is 1. The minimum atomic E-state index is -0.628. The first kappa shape index (κ1) is 18.4. The lowest BCUT2D eigenvalue weighted by molar-refractivity contribution is -0.124. The number of rotatable bonds is 8. The average Bonchev–Trinajstić information content (AvgIpc) is 2.82. The standard InChI is InChI=1S/C17H35N3O/c1-7-17(8-2)9-10-20(12-17)14(5)11-16(6,15(18)21)19-13(3)4/h13-14,19H,7-12H2,1-6H3,(H2,18,21). The zero-order valence-electron chi connectivity index (χ0n) is 14.8. The van der Waals surface area contributed by atoms with E-state index < -0.39 is 5.54 Å². The monoisotopic (exact) mass is 297 g/mol. The Bertz CT molecular complexity index is 352. The van der Waals surface area contributed by atoms with Gasteiger partial charge in [0, 0.05) is 18.6 Å². The average molecular weight is 297 g/mol. The molecule has 1 fully saturated rings. The second-order valence-electron chi connectivity index (χ2n) is 7.48. The van der Waals surface area contributed by atoms with Crippen LogP contribution in [0.15, 0.2) is 0 Å². The van der Waals surface area contributed by atoms with Gasteiger partial charge < -0.3 is 16.0 Å². The minimum absolute atomic E-state index is 0.249. The maximum atomic E-state index is 11.9. The highest BCUT2D eigenvalue weighted by Gasteiger charge is 2.40. The number of amides is 1. The molecule has 0 bridgehead atoms. The molecule has 3 N–H and O–H groups in total. The predicted molar refractivity (Wildman–Crippen MR) is 89.2 cm³/mol. The van der Waals surface area contributed by atoms with Crippen LogP contribution in [-0.2, 0) is 4.79 Å². The Hall–Kier alpha value is -0.610. The predicted octanol–water partition coefficient (Wildman–Crippen LogP) is 2.52. The third-order valence-corrected chi connectivity index (χ3v) is 5.45. The number of primary amides is 1. The van der Waals surface area contributed by atoms with Gasteiger partial charge in [-0.2, -0.15) is 0 Å². The van der Waals surface area contributed by atoms with Crippen molar-refractivity contribution in [2.45, 2.75) is 84.8 Å². The zero-order chi connectivity index (χ0) is 16.3. The largest absolute Gasteiger partial charge is 0.368 e. The molecule has 124 valence electrons. The second-order valence-corrected chi connectivity index (χ2v) is 7.48. The van der Waals surface area contributed by atoms with Crippen LogP contribution >= 0.6 is 0 Å². The topological polar surface area (TPSA) is 58.4 Å². The van der Waals surface area contributed by atoms with E-state index in [4.69, 9.17) is 5.73 Å². The van der Waals surface area contributed by atoms with Gasteiger partial charge in [0.25, 0.3) is 0 Å². The van der Waals surface area contributed by atoms with Crippen LogP contribution in [0.3, 0.4) is 0 Å². The number of carbonyl (C=O) groups excluding carboxylic acids is 1. The summed E-state index contributed by atoms with van der Waals surface area (Å²) in [4.78, 5) is 14.4. The van der Waals surface area contributed by atoms with E-state index in [1.165, 1.54) is 19.3 Å². The van der Waals surface area contributed by atoms with Gasteiger partial charge in [0.1, 0.15) is 0 Å². The molecule has 4 nitrogen and oxygen atoms in total. The lowest BCUT2D eigenvalue weighted by Crippen LogP contribution is -2.58. The first-order valence-electron chi connectivity index (χ1n) is 8.49. The van der Waals surface area contributed by atoms with Gasteiger partial charge in [-0.3, -0.25) is 4.79 Å². The summed E-state index contributed by atoms with van der Waals surface area (Å²) < 4.78 is 0. The molecule has 1 aliphatic rings. The van der Waals surface area contributed by atoms with E-state index in [1.54, 1.807) is 0 Å². The number of nitrogens with zero attached hydrogens (tertiary/aromatic N) is 1. The molecule has 2 unspecified atom stereocenters. The molecular weight excluding hydrogens is 262 g/mol. The van der Waals surface area contributed by atoms with Crippen LogP contribution in [0.2, 0.25) is 0 Å². The second kappa shape index (κ2) is 7.10. The van der Waals surface area contributed by atoms with Crippen molar-refractivity contribution in [2.75, 3.05) is 13.1 Å². The van der Waals surface area contributed by atoms with E-state index in [1.807, 2.05) is 6.92 Å². The SMILES string of the molecule is CCC1(CC)CCN(C(C)CC(C)(NC(C)C)C(N)=O)C1. The number of hydrogen-bond acceptors (Lipinski definition) is 3. The molecule has 1 saturated heterocycles. The van der Waals surface area contributed by atoms with Crippen molar-refractivity contribution in [3.8, 4) is 0 Å². The first-order valence-corrected chi connectivity index (χ1v) is 8.49. The minimum Gasteiger partial charge on any atom is -0.368 e. The van der Waals surface area contributed by atoms with E-state index in [2.05, 4.69) is 44.8 Å². The summed E-state index contributed by atoms with van der Waals surface area (Å²) in [5.74, 6) is -0.250. The molecule has 0 saturated carbocycles. The van der Waals surface area contributed by atoms with Crippen LogP contribution in [0.25, 0.3) is 0 Å². The van der Waals surface area contributed by atoms with Gasteiger partial charge in [-0.05, 0) is 65.3 Å². The van der Waals surface area contributed by atoms with E-state index in [0.717, 1.165) is 19.5 Å². The molecule has 1 amide bonds. The van der Waals surface area contributed by atoms with Crippen LogP contribution in [0.5, 0.6) is 0 Å². The summed E-state index contributed by atoms with van der Waals surface area (Å²) in [6.45, 7) is 15.2. The first-order chi connectivity index (χ1) is 9.68. The molecule has 0 aliphatic carbocycles. The van der Waals surface area contributed by atoms with Crippen LogP contribution in [0.1, 0.15) is 67.2 Å². The number of nitrogens with two attached hydrogens (primary N) is 1. The quantitative estimate of drug-likeness (QED) is 0.724. The lowest BCUT2D eigenvalue weighted by Gasteiger charge is -2.36. The third kappa shape index (κ3) is 4.43. The lowest BCUT2D eigenvalue weighted by atomic mass is 9.82. The summed E-state index contributed by atoms with van der Waals surface area (Å²) >= 11 is 0. The summed E-state index contributed by atoms with van der Waals surface area (Å²) in [6.07, 6.45) is 4.52. The Kier molecular flexibility index (Phi) is 6.23. The van der Waals surface area contributed by atoms with Crippen molar-refractivity contribution in [3.05, 3.63) is 0 Å². The molecule has 0 aromatic rings. The Morgan fingerprint density at radius 3 is 2.29 bits per heavy atom. The summed E-state index contributed by atoms with van der Waals surface area (Å²) in [5, 5.41) is 3.36. The van der Waals surface area contributed by atoms with Crippen molar-refractivity contribution in [1.29, 1.82) is 0 Å². The van der Waals surface area contributed by atoms with Gasteiger partial charge in [-0.25, -0.2) is 0 Å². The fraction of sp³-hybridized carbons (Fsp3) is 0.941. The molecule has 21 heavy (non-hydrogen) atoms. The molecular formula is C17H35N3O. The Balaban J connectivity index is 2.71. The van der Waals surface area contributed by atoms with Gasteiger partial charge in [0.05, 0.1) is 5.54 Å². The van der Waals surface area contributed by atoms with E-state index in [-0.39, 0.29) is 11.9 Å². The van der Waals surface area contributed by atoms with E-state index in [0.29, 0.717) is 11.5 Å². The molecule has 0 radical (unpaired) electrons. The van der Waals surface area contributed by atoms with Crippen molar-refractivity contribution in [3.63, 3.8) is 0 Å². The highest BCUT2D eigenvalue weighted by Crippen LogP contribution is 2.38. The smallest absolute Gasteiger partial charge is 0.237 e.